The monoisotopic (exact) mass is 512 g/mol. The van der Waals surface area contributed by atoms with Gasteiger partial charge in [0.2, 0.25) is 0 Å². The van der Waals surface area contributed by atoms with Gasteiger partial charge >= 0.3 is 12.0 Å². The van der Waals surface area contributed by atoms with E-state index in [-0.39, 0.29) is 5.78 Å². The van der Waals surface area contributed by atoms with E-state index < -0.39 is 23.6 Å². The standard InChI is InChI=1S/C29H40N2O6/c1-7-36-24-18-23(19-25(37-8-2)26(24)21(4)32)20(3)31(28(35)30-29(5,6)27(33)34)17-13-12-16-22-14-10-9-11-15-22/h9-11,14-15,18-20H,7-8,12-13,16-17H2,1-6H3,(H,30,35)(H,33,34)/t20-/m1/s1. The second-order valence-corrected chi connectivity index (χ2v) is 9.49. The van der Waals surface area contributed by atoms with Gasteiger partial charge in [-0.2, -0.15) is 0 Å². The molecule has 0 bridgehead atoms. The van der Waals surface area contributed by atoms with E-state index in [1.807, 2.05) is 39.0 Å². The summed E-state index contributed by atoms with van der Waals surface area (Å²) in [5.41, 5.74) is 0.875. The molecule has 2 aromatic carbocycles. The van der Waals surface area contributed by atoms with E-state index in [9.17, 15) is 19.5 Å². The third kappa shape index (κ3) is 8.23. The Morgan fingerprint density at radius 2 is 1.57 bits per heavy atom. The number of aryl methyl sites for hydroxylation is 1. The lowest BCUT2D eigenvalue weighted by Crippen LogP contribution is -2.54. The fourth-order valence-corrected chi connectivity index (χ4v) is 4.04. The van der Waals surface area contributed by atoms with Crippen LogP contribution in [-0.2, 0) is 11.2 Å². The summed E-state index contributed by atoms with van der Waals surface area (Å²) >= 11 is 0. The van der Waals surface area contributed by atoms with Crippen LogP contribution in [0.1, 0.15) is 81.9 Å². The molecule has 202 valence electrons. The second kappa shape index (κ2) is 13.7. The molecule has 0 spiro atoms. The quantitative estimate of drug-likeness (QED) is 0.250. The number of nitrogens with zero attached hydrogens (tertiary/aromatic N) is 1. The molecule has 0 aliphatic heterocycles. The fraction of sp³-hybridized carbons (Fsp3) is 0.483. The molecule has 2 amide bonds. The number of urea groups is 1. The number of carboxylic acids is 1. The van der Waals surface area contributed by atoms with Crippen molar-refractivity contribution in [2.75, 3.05) is 19.8 Å². The minimum Gasteiger partial charge on any atom is -0.493 e. The number of hydrogen-bond acceptors (Lipinski definition) is 5. The van der Waals surface area contributed by atoms with Crippen molar-refractivity contribution in [2.45, 2.75) is 72.4 Å². The number of carbonyl (C=O) groups excluding carboxylic acids is 2. The van der Waals surface area contributed by atoms with Gasteiger partial charge in [0.05, 0.1) is 19.3 Å². The van der Waals surface area contributed by atoms with E-state index in [1.54, 1.807) is 17.0 Å². The molecule has 0 aromatic heterocycles. The molecule has 1 atom stereocenters. The maximum atomic E-state index is 13.4. The minimum atomic E-state index is -1.44. The number of ether oxygens (including phenoxy) is 2. The molecule has 8 heteroatoms. The molecule has 2 aromatic rings. The summed E-state index contributed by atoms with van der Waals surface area (Å²) in [7, 11) is 0. The van der Waals surface area contributed by atoms with Crippen LogP contribution in [0.2, 0.25) is 0 Å². The van der Waals surface area contributed by atoms with Crippen molar-refractivity contribution < 1.29 is 29.0 Å². The number of carbonyl (C=O) groups is 3. The molecule has 0 aliphatic rings. The highest BCUT2D eigenvalue weighted by Gasteiger charge is 2.33. The molecule has 8 nitrogen and oxygen atoms in total. The maximum Gasteiger partial charge on any atom is 0.328 e. The Labute approximate surface area is 220 Å². The molecule has 0 heterocycles. The minimum absolute atomic E-state index is 0.176. The number of carboxylic acid groups (broad SMARTS) is 1. The van der Waals surface area contributed by atoms with Gasteiger partial charge in [-0.05, 0) is 84.1 Å². The number of ketones is 1. The second-order valence-electron chi connectivity index (χ2n) is 9.49. The zero-order chi connectivity index (χ0) is 27.6. The van der Waals surface area contributed by atoms with Crippen LogP contribution in [0.5, 0.6) is 11.5 Å². The van der Waals surface area contributed by atoms with Gasteiger partial charge in [0.25, 0.3) is 0 Å². The number of nitrogens with one attached hydrogen (secondary N) is 1. The average molecular weight is 513 g/mol. The SMILES string of the molecule is CCOc1cc([C@@H](C)N(CCCCc2ccccc2)C(=O)NC(C)(C)C(=O)O)cc(OCC)c1C(C)=O. The van der Waals surface area contributed by atoms with Crippen molar-refractivity contribution in [1.82, 2.24) is 10.2 Å². The van der Waals surface area contributed by atoms with E-state index in [4.69, 9.17) is 9.47 Å². The van der Waals surface area contributed by atoms with Crippen LogP contribution in [0.25, 0.3) is 0 Å². The Kier molecular flexibility index (Phi) is 11.0. The van der Waals surface area contributed by atoms with Crippen LogP contribution in [0.3, 0.4) is 0 Å². The number of Topliss-reactive ketones (excluding diaryl/α,β-unsaturated/α-hetero) is 1. The first-order valence-corrected chi connectivity index (χ1v) is 12.8. The molecule has 37 heavy (non-hydrogen) atoms. The van der Waals surface area contributed by atoms with Gasteiger partial charge in [0.1, 0.15) is 22.6 Å². The van der Waals surface area contributed by atoms with E-state index in [0.717, 1.165) is 24.8 Å². The molecule has 0 radical (unpaired) electrons. The molecular weight excluding hydrogens is 472 g/mol. The lowest BCUT2D eigenvalue weighted by atomic mass is 10.00. The van der Waals surface area contributed by atoms with Gasteiger partial charge < -0.3 is 24.8 Å². The molecule has 2 N–H and O–H groups in total. The van der Waals surface area contributed by atoms with Crippen molar-refractivity contribution in [3.63, 3.8) is 0 Å². The van der Waals surface area contributed by atoms with Gasteiger partial charge in [-0.3, -0.25) is 4.79 Å². The molecule has 0 saturated heterocycles. The molecule has 0 unspecified atom stereocenters. The van der Waals surface area contributed by atoms with Crippen LogP contribution in [-0.4, -0.2) is 53.1 Å². The van der Waals surface area contributed by atoms with Crippen LogP contribution in [0, 0.1) is 0 Å². The number of amides is 2. The zero-order valence-corrected chi connectivity index (χ0v) is 22.8. The summed E-state index contributed by atoms with van der Waals surface area (Å²) in [6, 6.07) is 12.7. The number of unbranched alkanes of at least 4 members (excludes halogenated alkanes) is 1. The third-order valence-corrected chi connectivity index (χ3v) is 6.16. The number of rotatable bonds is 14. The van der Waals surface area contributed by atoms with Crippen LogP contribution < -0.4 is 14.8 Å². The third-order valence-electron chi connectivity index (χ3n) is 6.16. The summed E-state index contributed by atoms with van der Waals surface area (Å²) in [6.45, 7) is 11.0. The molecular formula is C29H40N2O6. The van der Waals surface area contributed by atoms with Crippen molar-refractivity contribution in [3.8, 4) is 11.5 Å². The Bertz CT molecular complexity index is 1040. The van der Waals surface area contributed by atoms with Crippen molar-refractivity contribution in [1.29, 1.82) is 0 Å². The average Bonchev–Trinajstić information content (AvgIpc) is 2.83. The van der Waals surface area contributed by atoms with E-state index >= 15 is 0 Å². The first-order chi connectivity index (χ1) is 17.5. The van der Waals surface area contributed by atoms with Crippen LogP contribution in [0.4, 0.5) is 4.79 Å². The predicted molar refractivity (Wildman–Crippen MR) is 144 cm³/mol. The van der Waals surface area contributed by atoms with Gasteiger partial charge in [0, 0.05) is 6.54 Å². The first-order valence-electron chi connectivity index (χ1n) is 12.8. The van der Waals surface area contributed by atoms with Gasteiger partial charge in [-0.1, -0.05) is 30.3 Å². The normalized spacial score (nSPS) is 11.9. The van der Waals surface area contributed by atoms with Gasteiger partial charge in [-0.15, -0.1) is 0 Å². The summed E-state index contributed by atoms with van der Waals surface area (Å²) in [5, 5.41) is 12.2. The van der Waals surface area contributed by atoms with Crippen LogP contribution in [0.15, 0.2) is 42.5 Å². The van der Waals surface area contributed by atoms with E-state index in [2.05, 4.69) is 17.4 Å². The molecule has 0 fully saturated rings. The van der Waals surface area contributed by atoms with Gasteiger partial charge in [-0.25, -0.2) is 9.59 Å². The highest BCUT2D eigenvalue weighted by molar-refractivity contribution is 5.99. The molecule has 0 aliphatic carbocycles. The Morgan fingerprint density at radius 3 is 2.05 bits per heavy atom. The molecule has 2 rings (SSSR count). The first kappa shape index (κ1) is 29.7. The summed E-state index contributed by atoms with van der Waals surface area (Å²) in [5.74, 6) is -0.498. The van der Waals surface area contributed by atoms with Crippen molar-refractivity contribution in [2.24, 2.45) is 0 Å². The topological polar surface area (TPSA) is 105 Å². The maximum absolute atomic E-state index is 13.4. The Balaban J connectivity index is 2.38. The van der Waals surface area contributed by atoms with E-state index in [0.29, 0.717) is 36.8 Å². The summed E-state index contributed by atoms with van der Waals surface area (Å²) < 4.78 is 11.6. The fourth-order valence-electron chi connectivity index (χ4n) is 4.04. The Hall–Kier alpha value is -3.55. The highest BCUT2D eigenvalue weighted by Crippen LogP contribution is 2.35. The number of benzene rings is 2. The van der Waals surface area contributed by atoms with E-state index in [1.165, 1.54) is 26.3 Å². The largest absolute Gasteiger partial charge is 0.493 e. The summed E-state index contributed by atoms with van der Waals surface area (Å²) in [6.07, 6.45) is 2.46. The number of aliphatic carboxylic acids is 1. The lowest BCUT2D eigenvalue weighted by molar-refractivity contribution is -0.143. The lowest BCUT2D eigenvalue weighted by Gasteiger charge is -2.33. The Morgan fingerprint density at radius 1 is 1.00 bits per heavy atom. The van der Waals surface area contributed by atoms with Crippen molar-refractivity contribution >= 4 is 17.8 Å². The smallest absolute Gasteiger partial charge is 0.328 e. The zero-order valence-electron chi connectivity index (χ0n) is 22.8. The molecule has 0 saturated carbocycles. The predicted octanol–water partition coefficient (Wildman–Crippen LogP) is 5.65. The van der Waals surface area contributed by atoms with Crippen molar-refractivity contribution in [3.05, 3.63) is 59.2 Å². The van der Waals surface area contributed by atoms with Gasteiger partial charge in [0.15, 0.2) is 5.78 Å². The summed E-state index contributed by atoms with van der Waals surface area (Å²) in [4.78, 5) is 39.1. The van der Waals surface area contributed by atoms with Crippen LogP contribution >= 0.6 is 0 Å². The highest BCUT2D eigenvalue weighted by atomic mass is 16.5. The number of hydrogen-bond donors (Lipinski definition) is 2.